The Morgan fingerprint density at radius 2 is 2.10 bits per heavy atom. The van der Waals surface area contributed by atoms with Crippen LogP contribution in [-0.4, -0.2) is 44.2 Å². The van der Waals surface area contributed by atoms with E-state index in [0.29, 0.717) is 0 Å². The van der Waals surface area contributed by atoms with Crippen LogP contribution in [0.15, 0.2) is 24.3 Å². The molecule has 1 aliphatic rings. The Morgan fingerprint density at radius 1 is 1.33 bits per heavy atom. The van der Waals surface area contributed by atoms with Gasteiger partial charge in [0.05, 0.1) is 0 Å². The first-order chi connectivity index (χ1) is 9.78. The van der Waals surface area contributed by atoms with Crippen LogP contribution in [0.2, 0.25) is 5.02 Å². The van der Waals surface area contributed by atoms with Gasteiger partial charge in [0.15, 0.2) is 0 Å². The van der Waals surface area contributed by atoms with Crippen LogP contribution in [0.1, 0.15) is 19.8 Å². The highest BCUT2D eigenvalue weighted by Crippen LogP contribution is 2.18. The summed E-state index contributed by atoms with van der Waals surface area (Å²) < 4.78 is 5.74. The molecule has 1 fully saturated rings. The van der Waals surface area contributed by atoms with Crippen molar-refractivity contribution in [3.05, 3.63) is 29.3 Å². The predicted molar refractivity (Wildman–Crippen MR) is 91.9 cm³/mol. The standard InChI is InChI=1S/C16H25ClN2O.ClH/c1-2-18-13-14-6-8-19(9-7-14)10-11-20-16-5-3-4-15(17)12-16;/h3-5,12,14,18H,2,6-11,13H2,1H3;1H. The van der Waals surface area contributed by atoms with Crippen LogP contribution >= 0.6 is 24.0 Å². The number of nitrogens with zero attached hydrogens (tertiary/aromatic N) is 1. The minimum Gasteiger partial charge on any atom is -0.492 e. The first-order valence-corrected chi connectivity index (χ1v) is 7.97. The lowest BCUT2D eigenvalue weighted by Gasteiger charge is -2.31. The number of halogens is 2. The quantitative estimate of drug-likeness (QED) is 0.827. The van der Waals surface area contributed by atoms with E-state index in [4.69, 9.17) is 16.3 Å². The maximum Gasteiger partial charge on any atom is 0.120 e. The van der Waals surface area contributed by atoms with Crippen LogP contribution in [0.25, 0.3) is 0 Å². The van der Waals surface area contributed by atoms with E-state index in [-0.39, 0.29) is 12.4 Å². The van der Waals surface area contributed by atoms with Crippen LogP contribution in [0.5, 0.6) is 5.75 Å². The number of likely N-dealkylation sites (tertiary alicyclic amines) is 1. The summed E-state index contributed by atoms with van der Waals surface area (Å²) in [4.78, 5) is 2.49. The predicted octanol–water partition coefficient (Wildman–Crippen LogP) is 3.46. The molecular formula is C16H26Cl2N2O. The maximum atomic E-state index is 5.93. The van der Waals surface area contributed by atoms with E-state index >= 15 is 0 Å². The number of nitrogens with one attached hydrogen (secondary N) is 1. The Labute approximate surface area is 139 Å². The summed E-state index contributed by atoms with van der Waals surface area (Å²) in [6.45, 7) is 8.53. The smallest absolute Gasteiger partial charge is 0.120 e. The second-order valence-corrected chi connectivity index (χ2v) is 5.83. The van der Waals surface area contributed by atoms with Gasteiger partial charge in [0.2, 0.25) is 0 Å². The minimum atomic E-state index is 0. The highest BCUT2D eigenvalue weighted by atomic mass is 35.5. The van der Waals surface area contributed by atoms with Crippen molar-refractivity contribution in [2.45, 2.75) is 19.8 Å². The number of hydrogen-bond acceptors (Lipinski definition) is 3. The molecule has 2 rings (SSSR count). The summed E-state index contributed by atoms with van der Waals surface area (Å²) in [5.41, 5.74) is 0. The molecule has 0 amide bonds. The highest BCUT2D eigenvalue weighted by molar-refractivity contribution is 6.30. The molecule has 0 atom stereocenters. The molecule has 1 heterocycles. The second kappa shape index (κ2) is 10.3. The molecule has 0 aromatic heterocycles. The lowest BCUT2D eigenvalue weighted by Crippen LogP contribution is -2.39. The molecule has 120 valence electrons. The van der Waals surface area contributed by atoms with Gasteiger partial charge in [-0.25, -0.2) is 0 Å². The topological polar surface area (TPSA) is 24.5 Å². The Morgan fingerprint density at radius 3 is 2.76 bits per heavy atom. The summed E-state index contributed by atoms with van der Waals surface area (Å²) in [5.74, 6) is 1.71. The van der Waals surface area contributed by atoms with Gasteiger partial charge in [0.25, 0.3) is 0 Å². The van der Waals surface area contributed by atoms with E-state index in [1.165, 1.54) is 32.5 Å². The number of piperidine rings is 1. The Hall–Kier alpha value is -0.480. The van der Waals surface area contributed by atoms with Crippen molar-refractivity contribution in [1.29, 1.82) is 0 Å². The van der Waals surface area contributed by atoms with E-state index in [2.05, 4.69) is 17.1 Å². The molecular weight excluding hydrogens is 307 g/mol. The molecule has 0 unspecified atom stereocenters. The normalized spacial score (nSPS) is 16.5. The summed E-state index contributed by atoms with van der Waals surface area (Å²) in [5, 5.41) is 4.18. The maximum absolute atomic E-state index is 5.93. The fourth-order valence-electron chi connectivity index (χ4n) is 2.61. The lowest BCUT2D eigenvalue weighted by molar-refractivity contribution is 0.154. The second-order valence-electron chi connectivity index (χ2n) is 5.40. The largest absolute Gasteiger partial charge is 0.492 e. The third-order valence-electron chi connectivity index (χ3n) is 3.86. The summed E-state index contributed by atoms with van der Waals surface area (Å²) in [6, 6.07) is 7.60. The zero-order chi connectivity index (χ0) is 14.2. The van der Waals surface area contributed by atoms with Crippen LogP contribution < -0.4 is 10.1 Å². The molecule has 3 nitrogen and oxygen atoms in total. The fraction of sp³-hybridized carbons (Fsp3) is 0.625. The fourth-order valence-corrected chi connectivity index (χ4v) is 2.79. The van der Waals surface area contributed by atoms with Gasteiger partial charge in [-0.05, 0) is 63.1 Å². The van der Waals surface area contributed by atoms with Gasteiger partial charge in [0.1, 0.15) is 12.4 Å². The van der Waals surface area contributed by atoms with E-state index in [9.17, 15) is 0 Å². The van der Waals surface area contributed by atoms with Crippen molar-refractivity contribution >= 4 is 24.0 Å². The monoisotopic (exact) mass is 332 g/mol. The van der Waals surface area contributed by atoms with Crippen LogP contribution in [-0.2, 0) is 0 Å². The van der Waals surface area contributed by atoms with Crippen molar-refractivity contribution in [2.24, 2.45) is 5.92 Å². The van der Waals surface area contributed by atoms with Gasteiger partial charge in [-0.2, -0.15) is 0 Å². The number of benzene rings is 1. The number of ether oxygens (including phenoxy) is 1. The Kier molecular flexibility index (Phi) is 9.09. The van der Waals surface area contributed by atoms with Crippen molar-refractivity contribution in [1.82, 2.24) is 10.2 Å². The zero-order valence-corrected chi connectivity index (χ0v) is 14.3. The molecule has 0 aliphatic carbocycles. The van der Waals surface area contributed by atoms with Crippen molar-refractivity contribution in [3.8, 4) is 5.75 Å². The Bertz CT molecular complexity index is 396. The molecule has 0 spiro atoms. The molecule has 0 bridgehead atoms. The molecule has 1 N–H and O–H groups in total. The summed E-state index contributed by atoms with van der Waals surface area (Å²) >= 11 is 5.93. The number of rotatable bonds is 7. The van der Waals surface area contributed by atoms with E-state index in [1.807, 2.05) is 24.3 Å². The molecule has 0 radical (unpaired) electrons. The summed E-state index contributed by atoms with van der Waals surface area (Å²) in [6.07, 6.45) is 2.59. The lowest BCUT2D eigenvalue weighted by atomic mass is 9.97. The van der Waals surface area contributed by atoms with Gasteiger partial charge in [-0.3, -0.25) is 4.90 Å². The van der Waals surface area contributed by atoms with Gasteiger partial charge >= 0.3 is 0 Å². The third-order valence-corrected chi connectivity index (χ3v) is 4.10. The molecule has 21 heavy (non-hydrogen) atoms. The first kappa shape index (κ1) is 18.6. The molecule has 0 saturated carbocycles. The van der Waals surface area contributed by atoms with Gasteiger partial charge in [0, 0.05) is 11.6 Å². The molecule has 1 aromatic carbocycles. The molecule has 1 aliphatic heterocycles. The van der Waals surface area contributed by atoms with Crippen LogP contribution in [0, 0.1) is 5.92 Å². The van der Waals surface area contributed by atoms with Crippen molar-refractivity contribution in [3.63, 3.8) is 0 Å². The van der Waals surface area contributed by atoms with Gasteiger partial charge in [-0.1, -0.05) is 24.6 Å². The van der Waals surface area contributed by atoms with Crippen LogP contribution in [0.3, 0.4) is 0 Å². The minimum absolute atomic E-state index is 0. The number of hydrogen-bond donors (Lipinski definition) is 1. The van der Waals surface area contributed by atoms with Gasteiger partial charge in [-0.15, -0.1) is 12.4 Å². The van der Waals surface area contributed by atoms with E-state index in [1.54, 1.807) is 0 Å². The average molecular weight is 333 g/mol. The van der Waals surface area contributed by atoms with Crippen molar-refractivity contribution in [2.75, 3.05) is 39.3 Å². The first-order valence-electron chi connectivity index (χ1n) is 7.59. The third kappa shape index (κ3) is 6.88. The van der Waals surface area contributed by atoms with Crippen LogP contribution in [0.4, 0.5) is 0 Å². The molecule has 1 saturated heterocycles. The Balaban J connectivity index is 0.00000220. The summed E-state index contributed by atoms with van der Waals surface area (Å²) in [7, 11) is 0. The van der Waals surface area contributed by atoms with Gasteiger partial charge < -0.3 is 10.1 Å². The highest BCUT2D eigenvalue weighted by Gasteiger charge is 2.18. The van der Waals surface area contributed by atoms with Crippen molar-refractivity contribution < 1.29 is 4.74 Å². The zero-order valence-electron chi connectivity index (χ0n) is 12.7. The van der Waals surface area contributed by atoms with E-state index < -0.39 is 0 Å². The average Bonchev–Trinajstić information content (AvgIpc) is 2.46. The van der Waals surface area contributed by atoms with E-state index in [0.717, 1.165) is 36.4 Å². The SMILES string of the molecule is CCNCC1CCN(CCOc2cccc(Cl)c2)CC1.Cl. The molecule has 5 heteroatoms. The molecule has 1 aromatic rings.